The van der Waals surface area contributed by atoms with E-state index in [0.29, 0.717) is 16.9 Å². The third-order valence-corrected chi connectivity index (χ3v) is 3.30. The van der Waals surface area contributed by atoms with Crippen LogP contribution >= 0.6 is 0 Å². The minimum absolute atomic E-state index is 0.0805. The van der Waals surface area contributed by atoms with Gasteiger partial charge in [0.25, 0.3) is 0 Å². The van der Waals surface area contributed by atoms with Crippen LogP contribution in [0.1, 0.15) is 21.6 Å². The van der Waals surface area contributed by atoms with Crippen LogP contribution in [0.3, 0.4) is 0 Å². The van der Waals surface area contributed by atoms with E-state index in [2.05, 4.69) is 9.97 Å². The van der Waals surface area contributed by atoms with Gasteiger partial charge in [-0.1, -0.05) is 18.2 Å². The molecule has 1 aromatic carbocycles. The molecule has 0 radical (unpaired) electrons. The van der Waals surface area contributed by atoms with E-state index in [9.17, 15) is 4.79 Å². The van der Waals surface area contributed by atoms with Crippen LogP contribution in [0.4, 0.5) is 0 Å². The molecule has 0 bridgehead atoms. The molecule has 0 spiro atoms. The first-order chi connectivity index (χ1) is 10.2. The molecule has 0 aliphatic carbocycles. The van der Waals surface area contributed by atoms with Crippen LogP contribution in [0.2, 0.25) is 0 Å². The summed E-state index contributed by atoms with van der Waals surface area (Å²) < 4.78 is 5.13. The zero-order chi connectivity index (χ0) is 14.8. The number of carbonyl (C=O) groups is 1. The van der Waals surface area contributed by atoms with Crippen molar-refractivity contribution < 1.29 is 9.53 Å². The summed E-state index contributed by atoms with van der Waals surface area (Å²) in [6, 6.07) is 11.1. The van der Waals surface area contributed by atoms with E-state index in [-0.39, 0.29) is 5.78 Å². The van der Waals surface area contributed by atoms with Crippen LogP contribution in [0.15, 0.2) is 48.8 Å². The number of aryl methyl sites for hydroxylation is 1. The fraction of sp³-hybridized carbons (Fsp3) is 0.118. The summed E-state index contributed by atoms with van der Waals surface area (Å²) in [7, 11) is 1.55. The highest BCUT2D eigenvalue weighted by Crippen LogP contribution is 2.22. The standard InChI is InChI=1S/C17H14N2O2/c1-11-7-15(14-5-3-4-6-16(14)19-11)17(20)12-8-13(21-2)10-18-9-12/h3-10H,1-2H3. The Kier molecular flexibility index (Phi) is 3.36. The van der Waals surface area contributed by atoms with Crippen molar-refractivity contribution in [3.8, 4) is 5.75 Å². The summed E-state index contributed by atoms with van der Waals surface area (Å²) in [5, 5.41) is 0.843. The monoisotopic (exact) mass is 278 g/mol. The lowest BCUT2D eigenvalue weighted by Gasteiger charge is -2.08. The average molecular weight is 278 g/mol. The Morgan fingerprint density at radius 3 is 2.76 bits per heavy atom. The third-order valence-electron chi connectivity index (χ3n) is 3.30. The SMILES string of the molecule is COc1cncc(C(=O)c2cc(C)nc3ccccc23)c1. The number of benzene rings is 1. The summed E-state index contributed by atoms with van der Waals surface area (Å²) >= 11 is 0. The summed E-state index contributed by atoms with van der Waals surface area (Å²) in [4.78, 5) is 21.3. The van der Waals surface area contributed by atoms with Gasteiger partial charge in [-0.25, -0.2) is 0 Å². The van der Waals surface area contributed by atoms with Gasteiger partial charge in [-0.3, -0.25) is 14.8 Å². The van der Waals surface area contributed by atoms with Crippen molar-refractivity contribution in [2.45, 2.75) is 6.92 Å². The Labute approximate surface area is 122 Å². The van der Waals surface area contributed by atoms with E-state index in [1.54, 1.807) is 25.6 Å². The number of para-hydroxylation sites is 1. The molecule has 3 rings (SSSR count). The molecular formula is C17H14N2O2. The molecule has 0 saturated heterocycles. The van der Waals surface area contributed by atoms with Crippen LogP contribution in [0.25, 0.3) is 10.9 Å². The number of pyridine rings is 2. The lowest BCUT2D eigenvalue weighted by atomic mass is 10.00. The number of carbonyl (C=O) groups excluding carboxylic acids is 1. The maximum absolute atomic E-state index is 12.8. The van der Waals surface area contributed by atoms with Gasteiger partial charge in [0.05, 0.1) is 18.8 Å². The molecular weight excluding hydrogens is 264 g/mol. The highest BCUT2D eigenvalue weighted by atomic mass is 16.5. The van der Waals surface area contributed by atoms with Crippen LogP contribution < -0.4 is 4.74 Å². The summed E-state index contributed by atoms with van der Waals surface area (Å²) in [6.45, 7) is 1.88. The number of methoxy groups -OCH3 is 1. The number of rotatable bonds is 3. The van der Waals surface area contributed by atoms with Gasteiger partial charge in [0.2, 0.25) is 0 Å². The minimum Gasteiger partial charge on any atom is -0.495 e. The van der Waals surface area contributed by atoms with Gasteiger partial charge in [0, 0.05) is 28.4 Å². The van der Waals surface area contributed by atoms with Crippen LogP contribution in [0, 0.1) is 6.92 Å². The lowest BCUT2D eigenvalue weighted by Crippen LogP contribution is -2.05. The minimum atomic E-state index is -0.0805. The molecule has 0 N–H and O–H groups in total. The zero-order valence-corrected chi connectivity index (χ0v) is 11.8. The van der Waals surface area contributed by atoms with Gasteiger partial charge in [0.1, 0.15) is 5.75 Å². The number of hydrogen-bond acceptors (Lipinski definition) is 4. The predicted molar refractivity (Wildman–Crippen MR) is 80.7 cm³/mol. The molecule has 0 fully saturated rings. The van der Waals surface area contributed by atoms with Crippen LogP contribution in [-0.2, 0) is 0 Å². The van der Waals surface area contributed by atoms with Crippen LogP contribution in [0.5, 0.6) is 5.75 Å². The van der Waals surface area contributed by atoms with Crippen molar-refractivity contribution >= 4 is 16.7 Å². The quantitative estimate of drug-likeness (QED) is 0.690. The molecule has 104 valence electrons. The molecule has 2 aromatic heterocycles. The maximum atomic E-state index is 12.8. The Morgan fingerprint density at radius 2 is 1.95 bits per heavy atom. The number of aromatic nitrogens is 2. The van der Waals surface area contributed by atoms with Gasteiger partial charge in [-0.2, -0.15) is 0 Å². The second kappa shape index (κ2) is 5.32. The van der Waals surface area contributed by atoms with E-state index < -0.39 is 0 Å². The zero-order valence-electron chi connectivity index (χ0n) is 11.8. The number of hydrogen-bond donors (Lipinski definition) is 0. The van der Waals surface area contributed by atoms with Crippen molar-refractivity contribution in [1.29, 1.82) is 0 Å². The van der Waals surface area contributed by atoms with E-state index in [1.165, 1.54) is 0 Å². The van der Waals surface area contributed by atoms with E-state index in [0.717, 1.165) is 16.6 Å². The highest BCUT2D eigenvalue weighted by molar-refractivity contribution is 6.16. The molecule has 3 aromatic rings. The van der Waals surface area contributed by atoms with Crippen molar-refractivity contribution in [2.24, 2.45) is 0 Å². The molecule has 0 aliphatic rings. The van der Waals surface area contributed by atoms with Gasteiger partial charge in [0.15, 0.2) is 5.78 Å². The Hall–Kier alpha value is -2.75. The van der Waals surface area contributed by atoms with Crippen LogP contribution in [-0.4, -0.2) is 22.9 Å². The average Bonchev–Trinajstić information content (AvgIpc) is 2.53. The Morgan fingerprint density at radius 1 is 1.14 bits per heavy atom. The molecule has 4 heteroatoms. The summed E-state index contributed by atoms with van der Waals surface area (Å²) in [5.74, 6) is 0.485. The number of ether oxygens (including phenoxy) is 1. The van der Waals surface area contributed by atoms with Crippen molar-refractivity contribution in [2.75, 3.05) is 7.11 Å². The second-order valence-electron chi connectivity index (χ2n) is 4.77. The first-order valence-electron chi connectivity index (χ1n) is 6.59. The van der Waals surface area contributed by atoms with E-state index >= 15 is 0 Å². The number of nitrogens with zero attached hydrogens (tertiary/aromatic N) is 2. The Bertz CT molecular complexity index is 828. The van der Waals surface area contributed by atoms with Gasteiger partial charge >= 0.3 is 0 Å². The smallest absolute Gasteiger partial charge is 0.195 e. The van der Waals surface area contributed by atoms with E-state index in [1.807, 2.05) is 37.3 Å². The molecule has 0 unspecified atom stereocenters. The Balaban J connectivity index is 2.17. The molecule has 0 aliphatic heterocycles. The first-order valence-corrected chi connectivity index (χ1v) is 6.59. The summed E-state index contributed by atoms with van der Waals surface area (Å²) in [6.07, 6.45) is 3.13. The molecule has 0 amide bonds. The van der Waals surface area contributed by atoms with Gasteiger partial charge in [-0.05, 0) is 25.1 Å². The van der Waals surface area contributed by atoms with Gasteiger partial charge in [-0.15, -0.1) is 0 Å². The van der Waals surface area contributed by atoms with Gasteiger partial charge < -0.3 is 4.74 Å². The third kappa shape index (κ3) is 2.48. The molecule has 4 nitrogen and oxygen atoms in total. The predicted octanol–water partition coefficient (Wildman–Crippen LogP) is 3.18. The normalized spacial score (nSPS) is 10.6. The van der Waals surface area contributed by atoms with Crippen molar-refractivity contribution in [3.05, 3.63) is 65.6 Å². The second-order valence-corrected chi connectivity index (χ2v) is 4.77. The van der Waals surface area contributed by atoms with Crippen molar-refractivity contribution in [3.63, 3.8) is 0 Å². The highest BCUT2D eigenvalue weighted by Gasteiger charge is 2.15. The maximum Gasteiger partial charge on any atom is 0.195 e. The van der Waals surface area contributed by atoms with Crippen molar-refractivity contribution in [1.82, 2.24) is 9.97 Å². The number of fused-ring (bicyclic) bond motifs is 1. The lowest BCUT2D eigenvalue weighted by molar-refractivity contribution is 0.103. The topological polar surface area (TPSA) is 52.1 Å². The fourth-order valence-electron chi connectivity index (χ4n) is 2.31. The van der Waals surface area contributed by atoms with E-state index in [4.69, 9.17) is 4.74 Å². The fourth-order valence-corrected chi connectivity index (χ4v) is 2.31. The molecule has 0 saturated carbocycles. The molecule has 21 heavy (non-hydrogen) atoms. The summed E-state index contributed by atoms with van der Waals surface area (Å²) in [5.41, 5.74) is 2.77. The number of ketones is 1. The molecule has 2 heterocycles. The molecule has 0 atom stereocenters. The first kappa shape index (κ1) is 13.2. The largest absolute Gasteiger partial charge is 0.495 e.